The van der Waals surface area contributed by atoms with Crippen molar-refractivity contribution in [3.8, 4) is 0 Å². The predicted octanol–water partition coefficient (Wildman–Crippen LogP) is 10.4. The van der Waals surface area contributed by atoms with Gasteiger partial charge in [-0.15, -0.1) is 0 Å². The highest BCUT2D eigenvalue weighted by molar-refractivity contribution is 8.28. The van der Waals surface area contributed by atoms with Gasteiger partial charge in [0.25, 0.3) is 0 Å². The molecule has 2 aliphatic heterocycles. The molecule has 0 fully saturated rings. The van der Waals surface area contributed by atoms with Crippen molar-refractivity contribution in [3.05, 3.63) is 228 Å². The predicted molar refractivity (Wildman–Crippen MR) is 224 cm³/mol. The Hall–Kier alpha value is -4.68. The van der Waals surface area contributed by atoms with E-state index in [1.165, 1.54) is 76.4 Å². The number of benzene rings is 7. The van der Waals surface area contributed by atoms with E-state index in [9.17, 15) is 0 Å². The first kappa shape index (κ1) is 31.3. The topological polar surface area (TPSA) is 0 Å². The van der Waals surface area contributed by atoms with Crippen LogP contribution in [0.2, 0.25) is 0 Å². The van der Waals surface area contributed by atoms with E-state index in [-0.39, 0.29) is 0 Å². The summed E-state index contributed by atoms with van der Waals surface area (Å²) in [6, 6.07) is 64.9. The lowest BCUT2D eigenvalue weighted by molar-refractivity contribution is 1.57. The van der Waals surface area contributed by atoms with Crippen molar-refractivity contribution in [3.63, 3.8) is 0 Å². The van der Waals surface area contributed by atoms with Crippen LogP contribution >= 0.6 is 12.1 Å². The van der Waals surface area contributed by atoms with Crippen molar-refractivity contribution in [1.29, 1.82) is 0 Å². The average Bonchev–Trinajstić information content (AvgIpc) is 3.62. The van der Waals surface area contributed by atoms with Crippen LogP contribution in [0, 0.1) is 0 Å². The third-order valence-corrected chi connectivity index (χ3v) is 19.8. The molecule has 0 aromatic heterocycles. The molecular weight excluding hydrogens is 679 g/mol. The van der Waals surface area contributed by atoms with Gasteiger partial charge in [-0.05, 0) is 67.3 Å². The van der Waals surface area contributed by atoms with E-state index in [1.54, 1.807) is 0 Å². The molecular formula is C46H32P2S2. The van der Waals surface area contributed by atoms with E-state index in [0.29, 0.717) is 0 Å². The molecule has 0 bridgehead atoms. The van der Waals surface area contributed by atoms with Crippen LogP contribution in [0.5, 0.6) is 0 Å². The van der Waals surface area contributed by atoms with Gasteiger partial charge in [0.05, 0.1) is 0 Å². The second kappa shape index (κ2) is 12.6. The maximum Gasteiger partial charge on any atom is 0.0398 e. The van der Waals surface area contributed by atoms with Crippen molar-refractivity contribution in [2.24, 2.45) is 0 Å². The monoisotopic (exact) mass is 710 g/mol. The lowest BCUT2D eigenvalue weighted by Gasteiger charge is -2.25. The molecule has 0 amide bonds. The smallest absolute Gasteiger partial charge is 0.0398 e. The maximum absolute atomic E-state index is 7.19. The first-order valence-electron chi connectivity index (χ1n) is 16.8. The van der Waals surface area contributed by atoms with E-state index >= 15 is 0 Å². The van der Waals surface area contributed by atoms with Gasteiger partial charge < -0.3 is 0 Å². The highest BCUT2D eigenvalue weighted by Crippen LogP contribution is 2.69. The highest BCUT2D eigenvalue weighted by Gasteiger charge is 2.45. The van der Waals surface area contributed by atoms with E-state index in [1.807, 2.05) is 0 Å². The Labute approximate surface area is 304 Å². The molecule has 2 unspecified atom stereocenters. The molecule has 50 heavy (non-hydrogen) atoms. The summed E-state index contributed by atoms with van der Waals surface area (Å²) in [6.07, 6.45) is 0. The third-order valence-electron chi connectivity index (χ3n) is 9.89. The minimum atomic E-state index is -2.55. The summed E-state index contributed by atoms with van der Waals surface area (Å²) in [5.41, 5.74) is 9.61. The Balaban J connectivity index is 1.46. The summed E-state index contributed by atoms with van der Waals surface area (Å²) in [7, 11) is 0. The highest BCUT2D eigenvalue weighted by atomic mass is 32.4. The SMILES string of the molecule is S=P1(c2ccccc2)C(c2ccccc2)=C(c2ccccc2)c2cc3c(cc21)C(c1ccccc1)=C(c1ccccc1)P3(=S)c1ccccc1. The summed E-state index contributed by atoms with van der Waals surface area (Å²) >= 11 is 14.4. The minimum absolute atomic E-state index is 1.18. The molecule has 0 nitrogen and oxygen atoms in total. The standard InChI is InChI=1S/C46H32P2S2/c49-47(37-27-15-5-16-28-37)41-32-40-42(31-39(41)43(33-19-7-1-8-20-33)45(47)35-23-11-3-12-24-35)48(50,38-29-17-6-18-30-38)46(36-25-13-4-14-26-36)44(40)34-21-9-2-10-22-34/h1-32H. The molecule has 0 radical (unpaired) electrons. The molecule has 2 aliphatic rings. The second-order valence-electron chi connectivity index (χ2n) is 12.7. The molecule has 0 N–H and O–H groups in total. The number of hydrogen-bond donors (Lipinski definition) is 0. The van der Waals surface area contributed by atoms with Crippen LogP contribution in [0.4, 0.5) is 0 Å². The fourth-order valence-corrected chi connectivity index (χ4v) is 17.1. The van der Waals surface area contributed by atoms with Crippen molar-refractivity contribution < 1.29 is 0 Å². The molecule has 9 rings (SSSR count). The summed E-state index contributed by atoms with van der Waals surface area (Å²) in [5.74, 6) is 0. The summed E-state index contributed by atoms with van der Waals surface area (Å²) in [6.45, 7) is 0. The van der Waals surface area contributed by atoms with E-state index in [0.717, 1.165) is 0 Å². The van der Waals surface area contributed by atoms with Gasteiger partial charge in [0.2, 0.25) is 0 Å². The Kier molecular flexibility index (Phi) is 7.88. The van der Waals surface area contributed by atoms with Gasteiger partial charge in [-0.3, -0.25) is 0 Å². The molecule has 0 saturated heterocycles. The van der Waals surface area contributed by atoms with Crippen LogP contribution in [-0.4, -0.2) is 0 Å². The normalized spacial score (nSPS) is 19.4. The molecule has 238 valence electrons. The molecule has 2 heterocycles. The quantitative estimate of drug-likeness (QED) is 0.158. The van der Waals surface area contributed by atoms with Crippen LogP contribution in [0.15, 0.2) is 194 Å². The van der Waals surface area contributed by atoms with Crippen molar-refractivity contribution in [1.82, 2.24) is 0 Å². The van der Waals surface area contributed by atoms with Gasteiger partial charge in [0, 0.05) is 33.3 Å². The van der Waals surface area contributed by atoms with Gasteiger partial charge in [-0.25, -0.2) is 0 Å². The Morgan fingerprint density at radius 1 is 0.300 bits per heavy atom. The molecule has 4 heteroatoms. The minimum Gasteiger partial charge on any atom is -0.0825 e. The van der Waals surface area contributed by atoms with Crippen LogP contribution in [0.3, 0.4) is 0 Å². The first-order chi connectivity index (χ1) is 24.6. The Morgan fingerprint density at radius 2 is 0.560 bits per heavy atom. The molecule has 0 spiro atoms. The lowest BCUT2D eigenvalue weighted by Crippen LogP contribution is -2.22. The van der Waals surface area contributed by atoms with Gasteiger partial charge in [-0.2, -0.15) is 0 Å². The molecule has 7 aromatic carbocycles. The number of rotatable bonds is 6. The number of fused-ring (bicyclic) bond motifs is 2. The van der Waals surface area contributed by atoms with Crippen LogP contribution in [0.25, 0.3) is 21.8 Å². The zero-order valence-electron chi connectivity index (χ0n) is 27.2. The van der Waals surface area contributed by atoms with Crippen molar-refractivity contribution >= 4 is 78.7 Å². The zero-order chi connectivity index (χ0) is 33.7. The van der Waals surface area contributed by atoms with E-state index < -0.39 is 12.1 Å². The Bertz CT molecular complexity index is 2360. The van der Waals surface area contributed by atoms with E-state index in [2.05, 4.69) is 194 Å². The van der Waals surface area contributed by atoms with Crippen LogP contribution in [0.1, 0.15) is 33.4 Å². The summed E-state index contributed by atoms with van der Waals surface area (Å²) in [5, 5.41) is 7.40. The molecule has 7 aromatic rings. The second-order valence-corrected chi connectivity index (χ2v) is 21.3. The average molecular weight is 711 g/mol. The first-order valence-corrected chi connectivity index (χ1v) is 22.4. The van der Waals surface area contributed by atoms with Crippen molar-refractivity contribution in [2.45, 2.75) is 0 Å². The fraction of sp³-hybridized carbons (Fsp3) is 0. The molecule has 0 aliphatic carbocycles. The third kappa shape index (κ3) is 4.79. The van der Waals surface area contributed by atoms with E-state index in [4.69, 9.17) is 23.6 Å². The van der Waals surface area contributed by atoms with Gasteiger partial charge in [0.1, 0.15) is 0 Å². The summed E-state index contributed by atoms with van der Waals surface area (Å²) < 4.78 is 0. The number of hydrogen-bond acceptors (Lipinski definition) is 2. The lowest BCUT2D eigenvalue weighted by atomic mass is 9.91. The molecule has 0 saturated carbocycles. The largest absolute Gasteiger partial charge is 0.0825 e. The van der Waals surface area contributed by atoms with Gasteiger partial charge in [-0.1, -0.05) is 206 Å². The van der Waals surface area contributed by atoms with Gasteiger partial charge >= 0.3 is 0 Å². The van der Waals surface area contributed by atoms with Crippen LogP contribution in [-0.2, 0) is 23.6 Å². The maximum atomic E-state index is 7.19. The molecule has 2 atom stereocenters. The van der Waals surface area contributed by atoms with Gasteiger partial charge in [0.15, 0.2) is 0 Å². The van der Waals surface area contributed by atoms with Crippen molar-refractivity contribution in [2.75, 3.05) is 0 Å². The zero-order valence-corrected chi connectivity index (χ0v) is 30.6. The Morgan fingerprint density at radius 3 is 0.860 bits per heavy atom. The fourth-order valence-electron chi connectivity index (χ4n) is 7.76. The van der Waals surface area contributed by atoms with Crippen LogP contribution < -0.4 is 21.2 Å². The summed E-state index contributed by atoms with van der Waals surface area (Å²) in [4.78, 5) is 0.